The number of rotatable bonds is 3. The molecule has 5 rings (SSSR count). The summed E-state index contributed by atoms with van der Waals surface area (Å²) in [6.45, 7) is 3.63. The number of carbonyl (C=O) groups excluding carboxylic acids is 2. The van der Waals surface area contributed by atoms with Gasteiger partial charge in [-0.1, -0.05) is 36.4 Å². The molecule has 2 amide bonds. The zero-order valence-corrected chi connectivity index (χ0v) is 19.4. The second-order valence-electron chi connectivity index (χ2n) is 8.07. The lowest BCUT2D eigenvalue weighted by Gasteiger charge is -2.26. The number of aryl methyl sites for hydroxylation is 1. The van der Waals surface area contributed by atoms with Crippen LogP contribution in [0.15, 0.2) is 71.3 Å². The lowest BCUT2D eigenvalue weighted by Crippen LogP contribution is -2.42. The molecule has 0 unspecified atom stereocenters. The maximum absolute atomic E-state index is 12.9. The van der Waals surface area contributed by atoms with Crippen molar-refractivity contribution < 1.29 is 9.59 Å². The van der Waals surface area contributed by atoms with Crippen LogP contribution >= 0.6 is 11.3 Å². The molecule has 2 aromatic carbocycles. The summed E-state index contributed by atoms with van der Waals surface area (Å²) in [5.74, 6) is -0.871. The quantitative estimate of drug-likeness (QED) is 0.298. The van der Waals surface area contributed by atoms with E-state index in [1.54, 1.807) is 31.3 Å². The standard InChI is InChI=1S/C27H21N3O2S/c1-4-30-26(31)21(16(2)22(15-28)27(30)32)12-20-13-24-25(33-20)14-23(29(24)3)19-10-9-17-7-5-6-8-18(17)11-19/h5-14H,4H2,1-3H3/b21-12-. The van der Waals surface area contributed by atoms with Gasteiger partial charge in [0.25, 0.3) is 11.8 Å². The third kappa shape index (κ3) is 3.29. The Hall–Kier alpha value is -3.95. The van der Waals surface area contributed by atoms with Crippen LogP contribution in [0.4, 0.5) is 0 Å². The minimum Gasteiger partial charge on any atom is -0.343 e. The molecule has 0 aliphatic carbocycles. The molecule has 0 radical (unpaired) electrons. The highest BCUT2D eigenvalue weighted by atomic mass is 32.1. The number of nitriles is 1. The second kappa shape index (κ2) is 7.88. The highest BCUT2D eigenvalue weighted by Gasteiger charge is 2.34. The van der Waals surface area contributed by atoms with Crippen molar-refractivity contribution in [3.05, 3.63) is 76.2 Å². The Morgan fingerprint density at radius 2 is 1.79 bits per heavy atom. The van der Waals surface area contributed by atoms with Gasteiger partial charge in [0.05, 0.1) is 10.2 Å². The first kappa shape index (κ1) is 20.9. The molecule has 33 heavy (non-hydrogen) atoms. The van der Waals surface area contributed by atoms with Crippen LogP contribution in [0.5, 0.6) is 0 Å². The van der Waals surface area contributed by atoms with Gasteiger partial charge in [0, 0.05) is 29.7 Å². The van der Waals surface area contributed by atoms with Gasteiger partial charge in [0.15, 0.2) is 0 Å². The fourth-order valence-electron chi connectivity index (χ4n) is 4.39. The summed E-state index contributed by atoms with van der Waals surface area (Å²) in [5, 5.41) is 11.9. The number of benzene rings is 2. The number of carbonyl (C=O) groups is 2. The summed E-state index contributed by atoms with van der Waals surface area (Å²) in [5.41, 5.74) is 4.21. The Labute approximate surface area is 195 Å². The van der Waals surface area contributed by atoms with Crippen LogP contribution in [0.3, 0.4) is 0 Å². The minimum atomic E-state index is -0.518. The molecule has 0 saturated heterocycles. The van der Waals surface area contributed by atoms with Crippen molar-refractivity contribution in [2.75, 3.05) is 6.54 Å². The first-order valence-electron chi connectivity index (χ1n) is 10.7. The van der Waals surface area contributed by atoms with Gasteiger partial charge in [0.2, 0.25) is 0 Å². The molecule has 6 heteroatoms. The first-order chi connectivity index (χ1) is 15.9. The van der Waals surface area contributed by atoms with E-state index in [4.69, 9.17) is 0 Å². The maximum Gasteiger partial charge on any atom is 0.271 e. The topological polar surface area (TPSA) is 66.1 Å². The van der Waals surface area contributed by atoms with Gasteiger partial charge in [-0.25, -0.2) is 0 Å². The lowest BCUT2D eigenvalue weighted by atomic mass is 9.95. The van der Waals surface area contributed by atoms with Crippen molar-refractivity contribution in [1.82, 2.24) is 9.47 Å². The first-order valence-corrected chi connectivity index (χ1v) is 11.5. The zero-order valence-electron chi connectivity index (χ0n) is 18.5. The third-order valence-corrected chi connectivity index (χ3v) is 7.24. The number of amides is 2. The fraction of sp³-hybridized carbons (Fsp3) is 0.148. The zero-order chi connectivity index (χ0) is 23.3. The van der Waals surface area contributed by atoms with E-state index in [0.717, 1.165) is 31.3 Å². The number of hydrogen-bond donors (Lipinski definition) is 0. The Kier molecular flexibility index (Phi) is 4.99. The van der Waals surface area contributed by atoms with E-state index in [1.807, 2.05) is 25.2 Å². The van der Waals surface area contributed by atoms with Crippen LogP contribution in [0.1, 0.15) is 18.7 Å². The normalized spacial score (nSPS) is 15.8. The molecular formula is C27H21N3O2S. The Bertz CT molecular complexity index is 1580. The summed E-state index contributed by atoms with van der Waals surface area (Å²) >= 11 is 1.59. The van der Waals surface area contributed by atoms with E-state index in [1.165, 1.54) is 10.8 Å². The molecule has 4 aromatic rings. The molecule has 2 aromatic heterocycles. The fourth-order valence-corrected chi connectivity index (χ4v) is 5.46. The highest BCUT2D eigenvalue weighted by Crippen LogP contribution is 2.36. The number of imide groups is 1. The molecular weight excluding hydrogens is 430 g/mol. The molecule has 0 spiro atoms. The van der Waals surface area contributed by atoms with Gasteiger partial charge in [-0.2, -0.15) is 5.26 Å². The van der Waals surface area contributed by atoms with E-state index in [-0.39, 0.29) is 18.0 Å². The Balaban J connectivity index is 1.58. The van der Waals surface area contributed by atoms with Crippen molar-refractivity contribution in [3.63, 3.8) is 0 Å². The van der Waals surface area contributed by atoms with Crippen molar-refractivity contribution in [1.29, 1.82) is 5.26 Å². The number of nitrogens with zero attached hydrogens (tertiary/aromatic N) is 3. The average molecular weight is 452 g/mol. The van der Waals surface area contributed by atoms with Crippen molar-refractivity contribution in [2.45, 2.75) is 13.8 Å². The van der Waals surface area contributed by atoms with Gasteiger partial charge in [-0.3, -0.25) is 14.5 Å². The van der Waals surface area contributed by atoms with Crippen LogP contribution in [-0.4, -0.2) is 27.8 Å². The average Bonchev–Trinajstić information content (AvgIpc) is 3.35. The molecule has 0 bridgehead atoms. The molecule has 0 N–H and O–H groups in total. The molecule has 0 atom stereocenters. The van der Waals surface area contributed by atoms with Gasteiger partial charge in [0.1, 0.15) is 11.6 Å². The molecule has 5 nitrogen and oxygen atoms in total. The number of hydrogen-bond acceptors (Lipinski definition) is 4. The Morgan fingerprint density at radius 1 is 1.03 bits per heavy atom. The van der Waals surface area contributed by atoms with E-state index < -0.39 is 5.91 Å². The second-order valence-corrected chi connectivity index (χ2v) is 9.19. The molecule has 1 aliphatic heterocycles. The third-order valence-electron chi connectivity index (χ3n) is 6.22. The summed E-state index contributed by atoms with van der Waals surface area (Å²) < 4.78 is 3.27. The van der Waals surface area contributed by atoms with Gasteiger partial charge in [-0.05, 0) is 60.0 Å². The molecule has 162 valence electrons. The number of thiophene rings is 1. The minimum absolute atomic E-state index is 0.0300. The molecule has 0 fully saturated rings. The van der Waals surface area contributed by atoms with E-state index >= 15 is 0 Å². The van der Waals surface area contributed by atoms with Crippen LogP contribution in [0, 0.1) is 11.3 Å². The lowest BCUT2D eigenvalue weighted by molar-refractivity contribution is -0.140. The Morgan fingerprint density at radius 3 is 2.48 bits per heavy atom. The number of fused-ring (bicyclic) bond motifs is 2. The van der Waals surface area contributed by atoms with Crippen LogP contribution < -0.4 is 0 Å². The predicted octanol–water partition coefficient (Wildman–Crippen LogP) is 5.67. The van der Waals surface area contributed by atoms with E-state index in [2.05, 4.69) is 47.0 Å². The summed E-state index contributed by atoms with van der Waals surface area (Å²) in [4.78, 5) is 27.3. The van der Waals surface area contributed by atoms with Crippen LogP contribution in [0.2, 0.25) is 0 Å². The predicted molar refractivity (Wildman–Crippen MR) is 132 cm³/mol. The van der Waals surface area contributed by atoms with Crippen molar-refractivity contribution in [2.24, 2.45) is 7.05 Å². The smallest absolute Gasteiger partial charge is 0.271 e. The molecule has 0 saturated carbocycles. The monoisotopic (exact) mass is 451 g/mol. The summed E-state index contributed by atoms with van der Waals surface area (Å²) in [7, 11) is 2.04. The van der Waals surface area contributed by atoms with Crippen LogP contribution in [-0.2, 0) is 16.6 Å². The molecule has 3 heterocycles. The number of likely N-dealkylation sites (N-methyl/N-ethyl adjacent to an activating group) is 1. The summed E-state index contributed by atoms with van der Waals surface area (Å²) in [6.07, 6.45) is 1.80. The van der Waals surface area contributed by atoms with Crippen molar-refractivity contribution in [3.8, 4) is 17.3 Å². The largest absolute Gasteiger partial charge is 0.343 e. The highest BCUT2D eigenvalue weighted by molar-refractivity contribution is 7.19. The van der Waals surface area contributed by atoms with Gasteiger partial charge < -0.3 is 4.57 Å². The van der Waals surface area contributed by atoms with Gasteiger partial charge in [-0.15, -0.1) is 11.3 Å². The van der Waals surface area contributed by atoms with Crippen LogP contribution in [0.25, 0.3) is 38.3 Å². The van der Waals surface area contributed by atoms with E-state index in [9.17, 15) is 14.9 Å². The SMILES string of the molecule is CCN1C(=O)C(C#N)=C(C)/C(=C/c2cc3c(cc(-c4ccc5ccccc5c4)n3C)s2)C1=O. The number of aromatic nitrogens is 1. The maximum atomic E-state index is 12.9. The van der Waals surface area contributed by atoms with Gasteiger partial charge >= 0.3 is 0 Å². The van der Waals surface area contributed by atoms with E-state index in [0.29, 0.717) is 11.1 Å². The van der Waals surface area contributed by atoms with Crippen molar-refractivity contribution >= 4 is 50.2 Å². The summed E-state index contributed by atoms with van der Waals surface area (Å²) in [6, 6.07) is 21.0. The molecule has 1 aliphatic rings.